The molecule has 1 aromatic carbocycles. The first-order valence-corrected chi connectivity index (χ1v) is 6.94. The van der Waals surface area contributed by atoms with Crippen LogP contribution in [0.15, 0.2) is 22.7 Å². The predicted octanol–water partition coefficient (Wildman–Crippen LogP) is 4.31. The van der Waals surface area contributed by atoms with E-state index in [0.29, 0.717) is 16.1 Å². The summed E-state index contributed by atoms with van der Waals surface area (Å²) in [5, 5.41) is 3.19. The minimum Gasteiger partial charge on any atom is -0.384 e. The van der Waals surface area contributed by atoms with E-state index in [0.717, 1.165) is 44.7 Å². The van der Waals surface area contributed by atoms with Crippen molar-refractivity contribution in [3.63, 3.8) is 0 Å². The minimum absolute atomic E-state index is 0.439. The van der Waals surface area contributed by atoms with Gasteiger partial charge >= 0.3 is 6.18 Å². The molecule has 1 aromatic rings. The maximum Gasteiger partial charge on any atom is 0.416 e. The van der Waals surface area contributed by atoms with E-state index < -0.39 is 11.7 Å². The van der Waals surface area contributed by atoms with Crippen molar-refractivity contribution in [2.75, 3.05) is 25.1 Å². The van der Waals surface area contributed by atoms with Gasteiger partial charge in [-0.05, 0) is 52.9 Å². The highest BCUT2D eigenvalue weighted by molar-refractivity contribution is 9.10. The van der Waals surface area contributed by atoms with E-state index in [4.69, 9.17) is 4.74 Å². The summed E-state index contributed by atoms with van der Waals surface area (Å²) in [6.07, 6.45) is -2.32. The van der Waals surface area contributed by atoms with Gasteiger partial charge in [0.2, 0.25) is 0 Å². The molecular weight excluding hydrogens is 323 g/mol. The topological polar surface area (TPSA) is 21.3 Å². The van der Waals surface area contributed by atoms with Gasteiger partial charge in [-0.25, -0.2) is 0 Å². The maximum absolute atomic E-state index is 12.5. The summed E-state index contributed by atoms with van der Waals surface area (Å²) >= 11 is 3.18. The Morgan fingerprint density at radius 2 is 1.95 bits per heavy atom. The number of hydrogen-bond donors (Lipinski definition) is 1. The van der Waals surface area contributed by atoms with Crippen molar-refractivity contribution in [1.29, 1.82) is 0 Å². The van der Waals surface area contributed by atoms with E-state index in [-0.39, 0.29) is 0 Å². The molecule has 2 nitrogen and oxygen atoms in total. The SMILES string of the molecule is FC(F)(F)c1ccc(NCC2CCOCC2)c(Br)c1. The van der Waals surface area contributed by atoms with Gasteiger partial charge in [-0.1, -0.05) is 0 Å². The first-order chi connectivity index (χ1) is 8.97. The molecule has 0 radical (unpaired) electrons. The summed E-state index contributed by atoms with van der Waals surface area (Å²) in [4.78, 5) is 0. The molecule has 1 aliphatic rings. The molecule has 0 aliphatic carbocycles. The third-order valence-electron chi connectivity index (χ3n) is 3.22. The molecule has 1 aliphatic heterocycles. The molecule has 0 bridgehead atoms. The van der Waals surface area contributed by atoms with E-state index in [2.05, 4.69) is 21.2 Å². The van der Waals surface area contributed by atoms with Crippen LogP contribution in [0.5, 0.6) is 0 Å². The van der Waals surface area contributed by atoms with Gasteiger partial charge in [-0.15, -0.1) is 0 Å². The molecule has 1 N–H and O–H groups in total. The lowest BCUT2D eigenvalue weighted by Gasteiger charge is -2.23. The Balaban J connectivity index is 1.97. The summed E-state index contributed by atoms with van der Waals surface area (Å²) in [6, 6.07) is 3.66. The molecule has 0 atom stereocenters. The Morgan fingerprint density at radius 3 is 2.53 bits per heavy atom. The number of ether oxygens (including phenoxy) is 1. The summed E-state index contributed by atoms with van der Waals surface area (Å²) in [5.74, 6) is 0.517. The number of halogens is 4. The van der Waals surface area contributed by atoms with E-state index in [1.165, 1.54) is 6.07 Å². The quantitative estimate of drug-likeness (QED) is 0.887. The number of nitrogens with one attached hydrogen (secondary N) is 1. The molecule has 1 fully saturated rings. The fraction of sp³-hybridized carbons (Fsp3) is 0.538. The molecule has 2 rings (SSSR count). The first-order valence-electron chi connectivity index (χ1n) is 6.15. The highest BCUT2D eigenvalue weighted by atomic mass is 79.9. The fourth-order valence-corrected chi connectivity index (χ4v) is 2.56. The van der Waals surface area contributed by atoms with Crippen LogP contribution in [-0.4, -0.2) is 19.8 Å². The summed E-state index contributed by atoms with van der Waals surface area (Å²) in [5.41, 5.74) is 0.0514. The smallest absolute Gasteiger partial charge is 0.384 e. The zero-order chi connectivity index (χ0) is 13.9. The van der Waals surface area contributed by atoms with E-state index in [1.807, 2.05) is 0 Å². The van der Waals surface area contributed by atoms with Gasteiger partial charge in [0, 0.05) is 29.9 Å². The summed E-state index contributed by atoms with van der Waals surface area (Å²) < 4.78 is 43.3. The number of benzene rings is 1. The number of rotatable bonds is 3. The molecule has 0 spiro atoms. The number of alkyl halides is 3. The van der Waals surface area contributed by atoms with Crippen molar-refractivity contribution in [3.05, 3.63) is 28.2 Å². The van der Waals surface area contributed by atoms with Crippen LogP contribution in [0.1, 0.15) is 18.4 Å². The zero-order valence-corrected chi connectivity index (χ0v) is 11.9. The van der Waals surface area contributed by atoms with Gasteiger partial charge < -0.3 is 10.1 Å². The van der Waals surface area contributed by atoms with E-state index in [9.17, 15) is 13.2 Å². The molecule has 1 heterocycles. The van der Waals surface area contributed by atoms with E-state index in [1.54, 1.807) is 0 Å². The predicted molar refractivity (Wildman–Crippen MR) is 71.2 cm³/mol. The average molecular weight is 338 g/mol. The van der Waals surface area contributed by atoms with Crippen LogP contribution in [0.4, 0.5) is 18.9 Å². The van der Waals surface area contributed by atoms with Gasteiger partial charge in [0.15, 0.2) is 0 Å². The van der Waals surface area contributed by atoms with Crippen molar-refractivity contribution < 1.29 is 17.9 Å². The van der Waals surface area contributed by atoms with Crippen LogP contribution in [-0.2, 0) is 10.9 Å². The van der Waals surface area contributed by atoms with E-state index >= 15 is 0 Å². The highest BCUT2D eigenvalue weighted by Gasteiger charge is 2.30. The van der Waals surface area contributed by atoms with Gasteiger partial charge in [0.1, 0.15) is 0 Å². The van der Waals surface area contributed by atoms with Crippen LogP contribution >= 0.6 is 15.9 Å². The second-order valence-corrected chi connectivity index (χ2v) is 5.48. The third-order valence-corrected chi connectivity index (χ3v) is 3.87. The van der Waals surface area contributed by atoms with Gasteiger partial charge in [-0.3, -0.25) is 0 Å². The number of hydrogen-bond acceptors (Lipinski definition) is 2. The molecule has 0 unspecified atom stereocenters. The lowest BCUT2D eigenvalue weighted by molar-refractivity contribution is -0.137. The second kappa shape index (κ2) is 6.13. The Hall–Kier alpha value is -0.750. The first kappa shape index (κ1) is 14.7. The van der Waals surface area contributed by atoms with Crippen LogP contribution in [0.3, 0.4) is 0 Å². The van der Waals surface area contributed by atoms with Crippen molar-refractivity contribution in [3.8, 4) is 0 Å². The molecule has 0 saturated carbocycles. The highest BCUT2D eigenvalue weighted by Crippen LogP contribution is 2.34. The van der Waals surface area contributed by atoms with Crippen LogP contribution in [0, 0.1) is 5.92 Å². The Morgan fingerprint density at radius 1 is 1.26 bits per heavy atom. The van der Waals surface area contributed by atoms with Crippen molar-refractivity contribution in [2.45, 2.75) is 19.0 Å². The van der Waals surface area contributed by atoms with Crippen LogP contribution in [0.2, 0.25) is 0 Å². The van der Waals surface area contributed by atoms with Crippen molar-refractivity contribution in [2.24, 2.45) is 5.92 Å². The molecule has 6 heteroatoms. The number of anilines is 1. The minimum atomic E-state index is -4.30. The fourth-order valence-electron chi connectivity index (χ4n) is 2.04. The standard InChI is InChI=1S/C13H15BrF3NO/c14-11-7-10(13(15,16)17)1-2-12(11)18-8-9-3-5-19-6-4-9/h1-2,7,9,18H,3-6,8H2. The summed E-state index contributed by atoms with van der Waals surface area (Å²) in [7, 11) is 0. The average Bonchev–Trinajstić information content (AvgIpc) is 2.37. The summed E-state index contributed by atoms with van der Waals surface area (Å²) in [6.45, 7) is 2.29. The second-order valence-electron chi connectivity index (χ2n) is 4.63. The Bertz CT molecular complexity index is 430. The molecular formula is C13H15BrF3NO. The molecule has 1 saturated heterocycles. The van der Waals surface area contributed by atoms with Gasteiger partial charge in [0.25, 0.3) is 0 Å². The lowest BCUT2D eigenvalue weighted by Crippen LogP contribution is -2.22. The molecule has 19 heavy (non-hydrogen) atoms. The van der Waals surface area contributed by atoms with Gasteiger partial charge in [0.05, 0.1) is 5.56 Å². The van der Waals surface area contributed by atoms with Crippen molar-refractivity contribution in [1.82, 2.24) is 0 Å². The molecule has 106 valence electrons. The maximum atomic E-state index is 12.5. The van der Waals surface area contributed by atoms with Crippen molar-refractivity contribution >= 4 is 21.6 Å². The van der Waals surface area contributed by atoms with Crippen LogP contribution in [0.25, 0.3) is 0 Å². The molecule has 0 aromatic heterocycles. The Kier molecular flexibility index (Phi) is 4.73. The Labute approximate surface area is 118 Å². The van der Waals surface area contributed by atoms with Gasteiger partial charge in [-0.2, -0.15) is 13.2 Å². The third kappa shape index (κ3) is 4.11. The molecule has 0 amide bonds. The normalized spacial score (nSPS) is 17.5. The van der Waals surface area contributed by atoms with Crippen LogP contribution < -0.4 is 5.32 Å². The monoisotopic (exact) mass is 337 g/mol. The largest absolute Gasteiger partial charge is 0.416 e. The lowest BCUT2D eigenvalue weighted by atomic mass is 10.0. The zero-order valence-electron chi connectivity index (χ0n) is 10.3.